The molecule has 1 fully saturated rings. The number of carbonyl (C=O) groups excluding carboxylic acids is 2. The summed E-state index contributed by atoms with van der Waals surface area (Å²) in [6.45, 7) is 8.14. The summed E-state index contributed by atoms with van der Waals surface area (Å²) in [7, 11) is 0. The van der Waals surface area contributed by atoms with Crippen molar-refractivity contribution in [1.82, 2.24) is 4.90 Å². The summed E-state index contributed by atoms with van der Waals surface area (Å²) < 4.78 is 11.1. The van der Waals surface area contributed by atoms with Crippen molar-refractivity contribution in [3.8, 4) is 5.75 Å². The smallest absolute Gasteiger partial charge is 0.240 e. The summed E-state index contributed by atoms with van der Waals surface area (Å²) in [5, 5.41) is 14.8. The van der Waals surface area contributed by atoms with Crippen molar-refractivity contribution in [2.24, 2.45) is 0 Å². The van der Waals surface area contributed by atoms with E-state index in [0.29, 0.717) is 49.1 Å². The second kappa shape index (κ2) is 10.1. The van der Waals surface area contributed by atoms with Gasteiger partial charge in [-0.15, -0.1) is 11.3 Å². The van der Waals surface area contributed by atoms with Crippen molar-refractivity contribution < 1.29 is 29.1 Å². The lowest BCUT2D eigenvalue weighted by atomic mass is 9.95. The van der Waals surface area contributed by atoms with Crippen LogP contribution in [0.5, 0.6) is 5.75 Å². The van der Waals surface area contributed by atoms with Gasteiger partial charge in [-0.25, -0.2) is 0 Å². The molecule has 0 bridgehead atoms. The van der Waals surface area contributed by atoms with Crippen molar-refractivity contribution in [1.29, 1.82) is 0 Å². The molecule has 1 aromatic carbocycles. The van der Waals surface area contributed by atoms with E-state index in [1.165, 1.54) is 21.1 Å². The predicted octanol–water partition coefficient (Wildman–Crippen LogP) is 0.609. The molecule has 2 aliphatic heterocycles. The molecule has 0 aliphatic carbocycles. The summed E-state index contributed by atoms with van der Waals surface area (Å²) >= 11 is 1.26. The Balaban J connectivity index is 1.67. The van der Waals surface area contributed by atoms with Crippen LogP contribution in [0.3, 0.4) is 0 Å². The first-order chi connectivity index (χ1) is 15.6. The Morgan fingerprint density at radius 3 is 2.84 bits per heavy atom. The molecule has 1 N–H and O–H groups in total. The third kappa shape index (κ3) is 4.62. The molecular formula is C24H26N2O5S. The first-order valence-corrected chi connectivity index (χ1v) is 11.5. The highest BCUT2D eigenvalue weighted by Gasteiger charge is 2.40. The molecule has 1 saturated heterocycles. The molecule has 1 amide bonds. The zero-order chi connectivity index (χ0) is 22.5. The van der Waals surface area contributed by atoms with Crippen LogP contribution in [-0.2, 0) is 9.53 Å². The van der Waals surface area contributed by atoms with E-state index in [-0.39, 0.29) is 11.4 Å². The highest BCUT2D eigenvalue weighted by atomic mass is 32.1. The van der Waals surface area contributed by atoms with E-state index >= 15 is 0 Å². The number of benzene rings is 1. The van der Waals surface area contributed by atoms with E-state index in [4.69, 9.17) is 9.47 Å². The second-order valence-corrected chi connectivity index (χ2v) is 8.68. The lowest BCUT2D eigenvalue weighted by Crippen LogP contribution is -3.14. The molecule has 0 radical (unpaired) electrons. The van der Waals surface area contributed by atoms with E-state index in [0.717, 1.165) is 13.1 Å². The minimum Gasteiger partial charge on any atom is -0.868 e. The van der Waals surface area contributed by atoms with Crippen LogP contribution in [0.1, 0.15) is 21.3 Å². The van der Waals surface area contributed by atoms with Crippen LogP contribution in [0.4, 0.5) is 0 Å². The fourth-order valence-corrected chi connectivity index (χ4v) is 4.78. The number of amides is 1. The molecule has 8 heteroatoms. The van der Waals surface area contributed by atoms with Gasteiger partial charge in [0.05, 0.1) is 37.2 Å². The van der Waals surface area contributed by atoms with Crippen LogP contribution in [0, 0.1) is 0 Å². The monoisotopic (exact) mass is 454 g/mol. The predicted molar refractivity (Wildman–Crippen MR) is 119 cm³/mol. The maximum Gasteiger partial charge on any atom is 0.240 e. The number of ketones is 1. The van der Waals surface area contributed by atoms with Gasteiger partial charge in [0.15, 0.2) is 0 Å². The second-order valence-electron chi connectivity index (χ2n) is 7.73. The van der Waals surface area contributed by atoms with Gasteiger partial charge in [0.2, 0.25) is 11.7 Å². The van der Waals surface area contributed by atoms with Crippen molar-refractivity contribution in [3.63, 3.8) is 0 Å². The molecule has 1 aromatic heterocycles. The number of hydrogen-bond donors (Lipinski definition) is 1. The SMILES string of the molecule is C=CCOc1cccc(C2C(C(=O)c3cccs3)=C([O-])C(=O)N2CC[NH+]2CCOCC2)c1. The van der Waals surface area contributed by atoms with E-state index in [2.05, 4.69) is 6.58 Å². The third-order valence-corrected chi connectivity index (χ3v) is 6.59. The van der Waals surface area contributed by atoms with E-state index in [1.54, 1.807) is 41.8 Å². The normalized spacial score (nSPS) is 19.4. The first-order valence-electron chi connectivity index (χ1n) is 10.7. The summed E-state index contributed by atoms with van der Waals surface area (Å²) in [5.41, 5.74) is 0.693. The van der Waals surface area contributed by atoms with Gasteiger partial charge in [-0.2, -0.15) is 0 Å². The van der Waals surface area contributed by atoms with Gasteiger partial charge in [0, 0.05) is 5.57 Å². The Bertz CT molecular complexity index is 1010. The van der Waals surface area contributed by atoms with Crippen molar-refractivity contribution >= 4 is 23.0 Å². The van der Waals surface area contributed by atoms with Gasteiger partial charge in [-0.1, -0.05) is 30.9 Å². The molecule has 2 aliphatic rings. The molecule has 3 heterocycles. The van der Waals surface area contributed by atoms with Gasteiger partial charge in [-0.05, 0) is 34.9 Å². The number of hydrogen-bond acceptors (Lipinski definition) is 6. The fraction of sp³-hybridized carbons (Fsp3) is 0.333. The van der Waals surface area contributed by atoms with Crippen LogP contribution in [0.25, 0.3) is 0 Å². The van der Waals surface area contributed by atoms with Crippen molar-refractivity contribution in [3.05, 3.63) is 76.2 Å². The summed E-state index contributed by atoms with van der Waals surface area (Å²) in [4.78, 5) is 29.6. The molecule has 7 nitrogen and oxygen atoms in total. The molecular weight excluding hydrogens is 428 g/mol. The number of carbonyl (C=O) groups is 2. The van der Waals surface area contributed by atoms with Crippen LogP contribution in [0.2, 0.25) is 0 Å². The van der Waals surface area contributed by atoms with Gasteiger partial charge in [-0.3, -0.25) is 9.59 Å². The summed E-state index contributed by atoms with van der Waals surface area (Å²) in [6.07, 6.45) is 1.64. The van der Waals surface area contributed by atoms with Gasteiger partial charge in [0.1, 0.15) is 25.4 Å². The number of thiophene rings is 1. The number of nitrogens with one attached hydrogen (secondary N) is 1. The number of morpholine rings is 1. The lowest BCUT2D eigenvalue weighted by molar-refractivity contribution is -0.907. The molecule has 32 heavy (non-hydrogen) atoms. The molecule has 0 saturated carbocycles. The topological polar surface area (TPSA) is 83.3 Å². The van der Waals surface area contributed by atoms with Crippen LogP contribution in [0.15, 0.2) is 65.8 Å². The zero-order valence-electron chi connectivity index (χ0n) is 17.7. The summed E-state index contributed by atoms with van der Waals surface area (Å²) in [6, 6.07) is 9.92. The number of Topliss-reactive ketones (excluding diaryl/α,β-unsaturated/α-hetero) is 1. The number of quaternary nitrogens is 1. The Kier molecular flexibility index (Phi) is 7.04. The number of rotatable bonds is 9. The van der Waals surface area contributed by atoms with E-state index in [1.807, 2.05) is 6.07 Å². The Morgan fingerprint density at radius 2 is 2.12 bits per heavy atom. The van der Waals surface area contributed by atoms with Crippen LogP contribution < -0.4 is 14.7 Å². The maximum atomic E-state index is 13.3. The third-order valence-electron chi connectivity index (χ3n) is 5.72. The minimum atomic E-state index is -0.739. The minimum absolute atomic E-state index is 0.00954. The number of ether oxygens (including phenoxy) is 2. The number of nitrogens with zero attached hydrogens (tertiary/aromatic N) is 1. The van der Waals surface area contributed by atoms with Crippen LogP contribution in [-0.4, -0.2) is 62.6 Å². The molecule has 1 unspecified atom stereocenters. The largest absolute Gasteiger partial charge is 0.868 e. The van der Waals surface area contributed by atoms with E-state index < -0.39 is 17.7 Å². The first kappa shape index (κ1) is 22.3. The average Bonchev–Trinajstić information content (AvgIpc) is 3.44. The highest BCUT2D eigenvalue weighted by Crippen LogP contribution is 2.39. The van der Waals surface area contributed by atoms with Crippen LogP contribution >= 0.6 is 11.3 Å². The van der Waals surface area contributed by atoms with Crippen molar-refractivity contribution in [2.75, 3.05) is 46.0 Å². The molecule has 1 atom stereocenters. The summed E-state index contributed by atoms with van der Waals surface area (Å²) in [5.74, 6) is -1.14. The Labute approximate surface area is 191 Å². The van der Waals surface area contributed by atoms with Crippen molar-refractivity contribution in [2.45, 2.75) is 6.04 Å². The maximum absolute atomic E-state index is 13.3. The quantitative estimate of drug-likeness (QED) is 0.444. The molecule has 168 valence electrons. The molecule has 2 aromatic rings. The Morgan fingerprint density at radius 1 is 1.31 bits per heavy atom. The highest BCUT2D eigenvalue weighted by molar-refractivity contribution is 7.12. The van der Waals surface area contributed by atoms with Gasteiger partial charge in [0.25, 0.3) is 0 Å². The van der Waals surface area contributed by atoms with E-state index in [9.17, 15) is 14.7 Å². The zero-order valence-corrected chi connectivity index (χ0v) is 18.6. The van der Waals surface area contributed by atoms with Gasteiger partial charge >= 0.3 is 0 Å². The Hall–Kier alpha value is -2.94. The lowest BCUT2D eigenvalue weighted by Gasteiger charge is -2.30. The average molecular weight is 455 g/mol. The van der Waals surface area contributed by atoms with Gasteiger partial charge < -0.3 is 24.4 Å². The fourth-order valence-electron chi connectivity index (χ4n) is 4.11. The molecule has 4 rings (SSSR count). The standard InChI is InChI=1S/C24H26N2O5S/c1-2-12-31-18-6-3-5-17(16-18)21-20(22(27)19-7-4-15-32-19)23(28)24(29)26(21)9-8-25-10-13-30-14-11-25/h2-7,15-16,21,28H,1,8-14H2. The molecule has 0 spiro atoms.